The van der Waals surface area contributed by atoms with Crippen LogP contribution in [0.1, 0.15) is 16.3 Å². The molecule has 0 unspecified atom stereocenters. The van der Waals surface area contributed by atoms with Crippen molar-refractivity contribution in [2.24, 2.45) is 0 Å². The molecule has 0 saturated carbocycles. The Morgan fingerprint density at radius 3 is 2.61 bits per heavy atom. The zero-order chi connectivity index (χ0) is 19.3. The number of hydrogen-bond acceptors (Lipinski definition) is 6. The maximum atomic E-state index is 13.0. The quantitative estimate of drug-likeness (QED) is 0.505. The van der Waals surface area contributed by atoms with E-state index in [0.29, 0.717) is 16.5 Å². The highest BCUT2D eigenvalue weighted by atomic mass is 32.1. The van der Waals surface area contributed by atoms with Crippen LogP contribution in [-0.2, 0) is 17.6 Å². The number of anilines is 1. The molecule has 0 atom stereocenters. The second-order valence-electron chi connectivity index (χ2n) is 6.05. The molecule has 1 N–H and O–H groups in total. The smallest absolute Gasteiger partial charge is 0.232 e. The number of carbonyl (C=O) groups excluding carboxylic acids is 1. The molecule has 1 amide bonds. The van der Waals surface area contributed by atoms with Gasteiger partial charge < -0.3 is 5.32 Å². The van der Waals surface area contributed by atoms with E-state index >= 15 is 0 Å². The van der Waals surface area contributed by atoms with E-state index < -0.39 is 0 Å². The molecule has 2 aromatic heterocycles. The second kappa shape index (κ2) is 8.37. The number of rotatable bonds is 6. The van der Waals surface area contributed by atoms with E-state index in [1.165, 1.54) is 17.7 Å². The summed E-state index contributed by atoms with van der Waals surface area (Å²) in [5, 5.41) is 6.03. The summed E-state index contributed by atoms with van der Waals surface area (Å²) in [6.07, 6.45) is 0.932. The molecule has 8 heteroatoms. The molecule has 4 rings (SSSR count). The molecule has 0 radical (unpaired) electrons. The Balaban J connectivity index is 1.35. The van der Waals surface area contributed by atoms with E-state index in [2.05, 4.69) is 31.8 Å². The molecule has 5 nitrogen and oxygen atoms in total. The van der Waals surface area contributed by atoms with Crippen molar-refractivity contribution >= 4 is 33.9 Å². The molecule has 0 bridgehead atoms. The zero-order valence-electron chi connectivity index (χ0n) is 14.6. The average molecular weight is 410 g/mol. The molecule has 2 aromatic carbocycles. The number of amides is 1. The fourth-order valence-corrected chi connectivity index (χ4v) is 4.03. The first-order chi connectivity index (χ1) is 13.7. The summed E-state index contributed by atoms with van der Waals surface area (Å²) < 4.78 is 17.2. The minimum absolute atomic E-state index is 0.177. The number of aromatic nitrogens is 3. The largest absolute Gasteiger partial charge is 0.300 e. The highest BCUT2D eigenvalue weighted by molar-refractivity contribution is 7.10. The van der Waals surface area contributed by atoms with Crippen molar-refractivity contribution in [2.75, 3.05) is 5.32 Å². The Morgan fingerprint density at radius 2 is 1.82 bits per heavy atom. The highest BCUT2D eigenvalue weighted by Gasteiger charge is 2.12. The fraction of sp³-hybridized carbons (Fsp3) is 0.100. The maximum Gasteiger partial charge on any atom is 0.232 e. The van der Waals surface area contributed by atoms with Gasteiger partial charge in [-0.3, -0.25) is 4.79 Å². The highest BCUT2D eigenvalue weighted by Crippen LogP contribution is 2.22. The van der Waals surface area contributed by atoms with Crippen molar-refractivity contribution in [3.63, 3.8) is 0 Å². The van der Waals surface area contributed by atoms with Gasteiger partial charge in [0.2, 0.25) is 11.0 Å². The van der Waals surface area contributed by atoms with Crippen molar-refractivity contribution < 1.29 is 9.18 Å². The van der Waals surface area contributed by atoms with E-state index in [4.69, 9.17) is 0 Å². The van der Waals surface area contributed by atoms with E-state index in [1.807, 2.05) is 23.6 Å². The van der Waals surface area contributed by atoms with Gasteiger partial charge in [0.25, 0.3) is 0 Å². The predicted molar refractivity (Wildman–Crippen MR) is 109 cm³/mol. The lowest BCUT2D eigenvalue weighted by atomic mass is 10.2. The van der Waals surface area contributed by atoms with Crippen LogP contribution in [0.4, 0.5) is 9.52 Å². The topological polar surface area (TPSA) is 67.8 Å². The van der Waals surface area contributed by atoms with Crippen LogP contribution in [-0.4, -0.2) is 20.2 Å². The third-order valence-corrected chi connectivity index (χ3v) is 5.44. The van der Waals surface area contributed by atoms with Crippen LogP contribution in [0.25, 0.3) is 11.4 Å². The summed E-state index contributed by atoms with van der Waals surface area (Å²) in [6.45, 7) is 0. The Kier molecular flexibility index (Phi) is 5.50. The number of hydrogen-bond donors (Lipinski definition) is 1. The van der Waals surface area contributed by atoms with Crippen LogP contribution in [0.2, 0.25) is 0 Å². The van der Waals surface area contributed by atoms with Crippen LogP contribution in [0, 0.1) is 5.82 Å². The first-order valence-corrected chi connectivity index (χ1v) is 10.2. The van der Waals surface area contributed by atoms with Crippen LogP contribution in [0.5, 0.6) is 0 Å². The predicted octanol–water partition coefficient (Wildman–Crippen LogP) is 4.57. The van der Waals surface area contributed by atoms with Gasteiger partial charge in [0.05, 0.1) is 17.1 Å². The number of halogens is 1. The van der Waals surface area contributed by atoms with E-state index in [9.17, 15) is 9.18 Å². The van der Waals surface area contributed by atoms with Crippen LogP contribution >= 0.6 is 22.9 Å². The van der Waals surface area contributed by atoms with Crippen molar-refractivity contribution in [1.82, 2.24) is 14.3 Å². The van der Waals surface area contributed by atoms with Gasteiger partial charge in [0.1, 0.15) is 5.82 Å². The van der Waals surface area contributed by atoms with E-state index in [1.54, 1.807) is 23.5 Å². The standard InChI is InChI=1S/C20H15FN4OS2/c21-15-8-6-14(7-9-15)19-24-20(28-25-19)23-17(26)11-16-12-27-18(22-16)10-13-4-2-1-3-5-13/h1-9,12H,10-11H2,(H,23,24,25,26). The van der Waals surface area contributed by atoms with Gasteiger partial charge in [-0.25, -0.2) is 9.37 Å². The molecule has 0 aliphatic rings. The minimum atomic E-state index is -0.317. The minimum Gasteiger partial charge on any atom is -0.300 e. The van der Waals surface area contributed by atoms with Crippen LogP contribution in [0.3, 0.4) is 0 Å². The molecule has 2 heterocycles. The van der Waals surface area contributed by atoms with E-state index in [0.717, 1.165) is 28.7 Å². The third kappa shape index (κ3) is 4.65. The van der Waals surface area contributed by atoms with Crippen LogP contribution in [0.15, 0.2) is 60.0 Å². The lowest BCUT2D eigenvalue weighted by Crippen LogP contribution is -2.14. The normalized spacial score (nSPS) is 10.8. The second-order valence-corrected chi connectivity index (χ2v) is 7.74. The molecular formula is C20H15FN4OS2. The lowest BCUT2D eigenvalue weighted by molar-refractivity contribution is -0.115. The SMILES string of the molecule is O=C(Cc1csc(Cc2ccccc2)n1)Nc1nc(-c2ccc(F)cc2)ns1. The zero-order valence-corrected chi connectivity index (χ0v) is 16.3. The van der Waals surface area contributed by atoms with Gasteiger partial charge in [-0.1, -0.05) is 30.3 Å². The molecule has 4 aromatic rings. The average Bonchev–Trinajstić information content (AvgIpc) is 3.33. The third-order valence-electron chi connectivity index (χ3n) is 3.91. The van der Waals surface area contributed by atoms with Crippen LogP contribution < -0.4 is 5.32 Å². The lowest BCUT2D eigenvalue weighted by Gasteiger charge is -1.99. The number of nitrogens with one attached hydrogen (secondary N) is 1. The summed E-state index contributed by atoms with van der Waals surface area (Å²) >= 11 is 2.64. The van der Waals surface area contributed by atoms with Gasteiger partial charge in [-0.15, -0.1) is 11.3 Å². The van der Waals surface area contributed by atoms with Gasteiger partial charge in [-0.2, -0.15) is 9.36 Å². The molecule has 28 heavy (non-hydrogen) atoms. The molecular weight excluding hydrogens is 395 g/mol. The van der Waals surface area contributed by atoms with Crippen molar-refractivity contribution in [1.29, 1.82) is 0 Å². The summed E-state index contributed by atoms with van der Waals surface area (Å²) in [5.74, 6) is -0.0557. The summed E-state index contributed by atoms with van der Waals surface area (Å²) in [6, 6.07) is 16.0. The van der Waals surface area contributed by atoms with Gasteiger partial charge >= 0.3 is 0 Å². The molecule has 0 spiro atoms. The van der Waals surface area contributed by atoms with Crippen molar-refractivity contribution in [3.8, 4) is 11.4 Å². The molecule has 0 saturated heterocycles. The number of thiazole rings is 1. The molecule has 0 fully saturated rings. The number of nitrogens with zero attached hydrogens (tertiary/aromatic N) is 3. The Labute approximate surface area is 169 Å². The Hall–Kier alpha value is -2.97. The van der Waals surface area contributed by atoms with Gasteiger partial charge in [0.15, 0.2) is 5.82 Å². The summed E-state index contributed by atoms with van der Waals surface area (Å²) in [4.78, 5) is 21.1. The Morgan fingerprint density at radius 1 is 1.04 bits per heavy atom. The van der Waals surface area contributed by atoms with Crippen molar-refractivity contribution in [2.45, 2.75) is 12.8 Å². The van der Waals surface area contributed by atoms with Crippen molar-refractivity contribution in [3.05, 3.63) is 82.1 Å². The number of benzene rings is 2. The summed E-state index contributed by atoms with van der Waals surface area (Å²) in [7, 11) is 0. The maximum absolute atomic E-state index is 13.0. The van der Waals surface area contributed by atoms with E-state index in [-0.39, 0.29) is 18.1 Å². The molecule has 0 aliphatic heterocycles. The Bertz CT molecular complexity index is 1080. The first kappa shape index (κ1) is 18.4. The summed E-state index contributed by atoms with van der Waals surface area (Å²) in [5.41, 5.74) is 2.62. The monoisotopic (exact) mass is 410 g/mol. The fourth-order valence-electron chi connectivity index (χ4n) is 2.60. The van der Waals surface area contributed by atoms with Gasteiger partial charge in [-0.05, 0) is 29.8 Å². The molecule has 140 valence electrons. The first-order valence-electron chi connectivity index (χ1n) is 8.52. The van der Waals surface area contributed by atoms with Gasteiger partial charge in [0, 0.05) is 28.9 Å². The molecule has 0 aliphatic carbocycles. The number of carbonyl (C=O) groups is 1.